The fourth-order valence-electron chi connectivity index (χ4n) is 2.32. The van der Waals surface area contributed by atoms with Crippen LogP contribution in [0.1, 0.15) is 36.4 Å². The third kappa shape index (κ3) is 2.40. The van der Waals surface area contributed by atoms with Crippen LogP contribution in [0.4, 0.5) is 0 Å². The monoisotopic (exact) mass is 199 g/mol. The van der Waals surface area contributed by atoms with Crippen molar-refractivity contribution in [3.63, 3.8) is 0 Å². The Labute approximate surface area is 91.9 Å². The first-order valence-electron chi connectivity index (χ1n) is 5.66. The molecule has 0 aromatic heterocycles. The lowest BCUT2D eigenvalue weighted by Gasteiger charge is -2.17. The zero-order valence-electron chi connectivity index (χ0n) is 9.00. The Morgan fingerprint density at radius 3 is 3.07 bits per heavy atom. The Balaban J connectivity index is 2.21. The van der Waals surface area contributed by atoms with E-state index >= 15 is 0 Å². The van der Waals surface area contributed by atoms with Crippen LogP contribution in [0.2, 0.25) is 0 Å². The smallest absolute Gasteiger partial charge is 0.0578 e. The van der Waals surface area contributed by atoms with E-state index in [0.29, 0.717) is 12.6 Å². The predicted octanol–water partition coefficient (Wildman–Crippen LogP) is 2.68. The van der Waals surface area contributed by atoms with E-state index in [4.69, 9.17) is 6.42 Å². The normalized spacial score (nSPS) is 20.1. The summed E-state index contributed by atoms with van der Waals surface area (Å²) in [6.07, 6.45) is 10.3. The largest absolute Gasteiger partial charge is 0.299 e. The van der Waals surface area contributed by atoms with Gasteiger partial charge in [-0.15, -0.1) is 6.42 Å². The van der Waals surface area contributed by atoms with Gasteiger partial charge in [-0.25, -0.2) is 0 Å². The molecule has 1 N–H and O–H groups in total. The second kappa shape index (κ2) is 5.00. The van der Waals surface area contributed by atoms with E-state index in [9.17, 15) is 0 Å². The van der Waals surface area contributed by atoms with Gasteiger partial charge in [0, 0.05) is 6.04 Å². The van der Waals surface area contributed by atoms with Crippen LogP contribution in [0, 0.1) is 12.3 Å². The summed E-state index contributed by atoms with van der Waals surface area (Å²) in [7, 11) is 0. The number of hydrogen-bond donors (Lipinski definition) is 1. The summed E-state index contributed by atoms with van der Waals surface area (Å²) < 4.78 is 0. The Kier molecular flexibility index (Phi) is 3.42. The molecule has 78 valence electrons. The zero-order chi connectivity index (χ0) is 10.5. The van der Waals surface area contributed by atoms with E-state index < -0.39 is 0 Å². The van der Waals surface area contributed by atoms with Crippen LogP contribution >= 0.6 is 0 Å². The molecule has 0 saturated heterocycles. The van der Waals surface area contributed by atoms with Crippen molar-refractivity contribution >= 4 is 0 Å². The topological polar surface area (TPSA) is 12.0 Å². The fourth-order valence-corrected chi connectivity index (χ4v) is 2.32. The maximum atomic E-state index is 5.29. The van der Waals surface area contributed by atoms with Gasteiger partial charge < -0.3 is 0 Å². The molecule has 1 aromatic rings. The summed E-state index contributed by atoms with van der Waals surface area (Å²) in [6.45, 7) is 0.666. The lowest BCUT2D eigenvalue weighted by molar-refractivity contribution is 0.517. The number of nitrogens with one attached hydrogen (secondary N) is 1. The highest BCUT2D eigenvalue weighted by Crippen LogP contribution is 2.28. The number of rotatable bonds is 2. The van der Waals surface area contributed by atoms with Gasteiger partial charge in [0.2, 0.25) is 0 Å². The lowest BCUT2D eigenvalue weighted by Crippen LogP contribution is -2.21. The summed E-state index contributed by atoms with van der Waals surface area (Å²) in [5.74, 6) is 2.66. The van der Waals surface area contributed by atoms with Crippen LogP contribution in [0.3, 0.4) is 0 Å². The lowest BCUT2D eigenvalue weighted by atomic mass is 9.99. The highest BCUT2D eigenvalue weighted by Gasteiger charge is 2.16. The van der Waals surface area contributed by atoms with E-state index in [-0.39, 0.29) is 0 Å². The van der Waals surface area contributed by atoms with Crippen LogP contribution in [0.5, 0.6) is 0 Å². The van der Waals surface area contributed by atoms with Gasteiger partial charge in [-0.3, -0.25) is 5.32 Å². The SMILES string of the molecule is C#CCNC1CCCCc2ccccc21. The number of hydrogen-bond acceptors (Lipinski definition) is 1. The van der Waals surface area contributed by atoms with Crippen LogP contribution in [-0.2, 0) is 6.42 Å². The van der Waals surface area contributed by atoms with Crippen LogP contribution in [0.25, 0.3) is 0 Å². The van der Waals surface area contributed by atoms with Gasteiger partial charge in [0.15, 0.2) is 0 Å². The Bertz CT molecular complexity index is 362. The van der Waals surface area contributed by atoms with Crippen LogP contribution < -0.4 is 5.32 Å². The second-order valence-corrected chi connectivity index (χ2v) is 4.08. The molecule has 0 fully saturated rings. The third-order valence-electron chi connectivity index (χ3n) is 3.07. The first-order chi connectivity index (χ1) is 7.42. The van der Waals surface area contributed by atoms with Gasteiger partial charge in [0.1, 0.15) is 0 Å². The minimum Gasteiger partial charge on any atom is -0.299 e. The minimum atomic E-state index is 0.458. The molecule has 0 spiro atoms. The molecule has 1 unspecified atom stereocenters. The van der Waals surface area contributed by atoms with Crippen molar-refractivity contribution in [3.05, 3.63) is 35.4 Å². The number of aryl methyl sites for hydroxylation is 1. The Morgan fingerprint density at radius 2 is 2.20 bits per heavy atom. The molecule has 0 heterocycles. The number of benzene rings is 1. The molecule has 1 heteroatoms. The van der Waals surface area contributed by atoms with Crippen molar-refractivity contribution in [2.24, 2.45) is 0 Å². The fraction of sp³-hybridized carbons (Fsp3) is 0.429. The predicted molar refractivity (Wildman–Crippen MR) is 63.6 cm³/mol. The highest BCUT2D eigenvalue weighted by atomic mass is 14.9. The summed E-state index contributed by atoms with van der Waals surface area (Å²) in [4.78, 5) is 0. The average Bonchev–Trinajstić information content (AvgIpc) is 2.49. The maximum Gasteiger partial charge on any atom is 0.0578 e. The summed E-state index contributed by atoms with van der Waals surface area (Å²) in [6, 6.07) is 9.18. The van der Waals surface area contributed by atoms with Gasteiger partial charge in [-0.2, -0.15) is 0 Å². The summed E-state index contributed by atoms with van der Waals surface area (Å²) >= 11 is 0. The van der Waals surface area contributed by atoms with Crippen molar-refractivity contribution in [3.8, 4) is 12.3 Å². The quantitative estimate of drug-likeness (QED) is 0.570. The average molecular weight is 199 g/mol. The second-order valence-electron chi connectivity index (χ2n) is 4.08. The van der Waals surface area contributed by atoms with Gasteiger partial charge in [-0.1, -0.05) is 36.6 Å². The third-order valence-corrected chi connectivity index (χ3v) is 3.07. The zero-order valence-corrected chi connectivity index (χ0v) is 9.00. The molecule has 1 aliphatic rings. The molecule has 1 aliphatic carbocycles. The Morgan fingerprint density at radius 1 is 1.33 bits per heavy atom. The molecule has 0 aliphatic heterocycles. The van der Waals surface area contributed by atoms with Crippen molar-refractivity contribution in [2.75, 3.05) is 6.54 Å². The maximum absolute atomic E-state index is 5.29. The van der Waals surface area contributed by atoms with E-state index in [2.05, 4.69) is 35.5 Å². The van der Waals surface area contributed by atoms with Gasteiger partial charge >= 0.3 is 0 Å². The van der Waals surface area contributed by atoms with E-state index in [1.54, 1.807) is 0 Å². The van der Waals surface area contributed by atoms with Crippen LogP contribution in [0.15, 0.2) is 24.3 Å². The van der Waals surface area contributed by atoms with E-state index in [0.717, 1.165) is 0 Å². The molecule has 0 amide bonds. The van der Waals surface area contributed by atoms with Crippen molar-refractivity contribution in [1.82, 2.24) is 5.32 Å². The van der Waals surface area contributed by atoms with Crippen molar-refractivity contribution in [2.45, 2.75) is 31.7 Å². The minimum absolute atomic E-state index is 0.458. The standard InChI is InChI=1S/C14H17N/c1-2-11-15-14-10-6-4-8-12-7-3-5-9-13(12)14/h1,3,5,7,9,14-15H,4,6,8,10-11H2. The molecule has 15 heavy (non-hydrogen) atoms. The van der Waals surface area contributed by atoms with Gasteiger partial charge in [-0.05, 0) is 30.4 Å². The first-order valence-corrected chi connectivity index (χ1v) is 5.66. The van der Waals surface area contributed by atoms with Crippen molar-refractivity contribution in [1.29, 1.82) is 0 Å². The molecule has 0 radical (unpaired) electrons. The molecule has 1 atom stereocenters. The molecule has 0 saturated carbocycles. The molecule has 2 rings (SSSR count). The van der Waals surface area contributed by atoms with Crippen molar-refractivity contribution < 1.29 is 0 Å². The Hall–Kier alpha value is -1.26. The van der Waals surface area contributed by atoms with Crippen LogP contribution in [-0.4, -0.2) is 6.54 Å². The van der Waals surface area contributed by atoms with E-state index in [1.165, 1.54) is 36.8 Å². The van der Waals surface area contributed by atoms with E-state index in [1.807, 2.05) is 0 Å². The molecule has 0 bridgehead atoms. The number of terminal acetylenes is 1. The van der Waals surface area contributed by atoms with Gasteiger partial charge in [0.25, 0.3) is 0 Å². The summed E-state index contributed by atoms with van der Waals surface area (Å²) in [5.41, 5.74) is 2.94. The highest BCUT2D eigenvalue weighted by molar-refractivity contribution is 5.31. The molecular weight excluding hydrogens is 182 g/mol. The molecular formula is C14H17N. The summed E-state index contributed by atoms with van der Waals surface area (Å²) in [5, 5.41) is 3.43. The molecule has 1 nitrogen and oxygen atoms in total. The van der Waals surface area contributed by atoms with Gasteiger partial charge in [0.05, 0.1) is 6.54 Å². The number of fused-ring (bicyclic) bond motifs is 1. The first kappa shape index (κ1) is 10.3. The molecule has 1 aromatic carbocycles.